The van der Waals surface area contributed by atoms with Gasteiger partial charge in [-0.15, -0.1) is 0 Å². The molecule has 0 fully saturated rings. The third-order valence-corrected chi connectivity index (χ3v) is 3.31. The molecule has 0 bridgehead atoms. The molecular weight excluding hydrogens is 244 g/mol. The minimum Gasteiger partial charge on any atom is -0.324 e. The van der Waals surface area contributed by atoms with E-state index in [9.17, 15) is 8.78 Å². The van der Waals surface area contributed by atoms with E-state index in [1.165, 1.54) is 18.2 Å². The van der Waals surface area contributed by atoms with Gasteiger partial charge >= 0.3 is 0 Å². The first-order valence-corrected chi connectivity index (χ1v) is 6.24. The van der Waals surface area contributed by atoms with E-state index in [1.807, 2.05) is 32.0 Å². The van der Waals surface area contributed by atoms with Gasteiger partial charge in [0.15, 0.2) is 0 Å². The zero-order valence-corrected chi connectivity index (χ0v) is 11.1. The molecular formula is C16H17F2N. The van der Waals surface area contributed by atoms with E-state index in [0.717, 1.165) is 16.7 Å². The first kappa shape index (κ1) is 13.7. The molecule has 100 valence electrons. The summed E-state index contributed by atoms with van der Waals surface area (Å²) in [5.41, 5.74) is 9.25. The zero-order valence-electron chi connectivity index (χ0n) is 11.1. The van der Waals surface area contributed by atoms with Crippen LogP contribution in [0.2, 0.25) is 0 Å². The second-order valence-electron chi connectivity index (χ2n) is 4.87. The molecule has 3 heteroatoms. The molecule has 2 N–H and O–H groups in total. The predicted molar refractivity (Wildman–Crippen MR) is 72.9 cm³/mol. The fourth-order valence-electron chi connectivity index (χ4n) is 2.30. The summed E-state index contributed by atoms with van der Waals surface area (Å²) in [4.78, 5) is 0. The number of hydrogen-bond acceptors (Lipinski definition) is 1. The standard InChI is InChI=1S/C16H17F2N/c1-10-6-7-12(11(2)8-10)16(19)9-13-14(17)4-3-5-15(13)18/h3-8,16H,9,19H2,1-2H3. The van der Waals surface area contributed by atoms with Gasteiger partial charge in [0.05, 0.1) is 0 Å². The SMILES string of the molecule is Cc1ccc(C(N)Cc2c(F)cccc2F)c(C)c1. The highest BCUT2D eigenvalue weighted by molar-refractivity contribution is 5.34. The summed E-state index contributed by atoms with van der Waals surface area (Å²) in [7, 11) is 0. The smallest absolute Gasteiger partial charge is 0.129 e. The van der Waals surface area contributed by atoms with Gasteiger partial charge < -0.3 is 5.73 Å². The number of aryl methyl sites for hydroxylation is 2. The van der Waals surface area contributed by atoms with Crippen LogP contribution >= 0.6 is 0 Å². The maximum absolute atomic E-state index is 13.6. The van der Waals surface area contributed by atoms with Gasteiger partial charge in [0.1, 0.15) is 11.6 Å². The minimum absolute atomic E-state index is 0.0509. The number of benzene rings is 2. The summed E-state index contributed by atoms with van der Waals surface area (Å²) in [5.74, 6) is -1.08. The third-order valence-electron chi connectivity index (χ3n) is 3.31. The van der Waals surface area contributed by atoms with Gasteiger partial charge in [0.2, 0.25) is 0 Å². The normalized spacial score (nSPS) is 12.5. The molecule has 0 saturated heterocycles. The summed E-state index contributed by atoms with van der Waals surface area (Å²) < 4.78 is 27.2. The van der Waals surface area contributed by atoms with Gasteiger partial charge in [-0.05, 0) is 43.5 Å². The second-order valence-corrected chi connectivity index (χ2v) is 4.87. The highest BCUT2D eigenvalue weighted by atomic mass is 19.1. The number of halogens is 2. The van der Waals surface area contributed by atoms with Crippen molar-refractivity contribution in [2.45, 2.75) is 26.3 Å². The lowest BCUT2D eigenvalue weighted by atomic mass is 9.94. The third kappa shape index (κ3) is 2.99. The fourth-order valence-corrected chi connectivity index (χ4v) is 2.30. The molecule has 1 nitrogen and oxygen atoms in total. The average molecular weight is 261 g/mol. The topological polar surface area (TPSA) is 26.0 Å². The summed E-state index contributed by atoms with van der Waals surface area (Å²) in [6.45, 7) is 3.96. The molecule has 1 unspecified atom stereocenters. The Morgan fingerprint density at radius 3 is 2.26 bits per heavy atom. The van der Waals surface area contributed by atoms with Crippen LogP contribution in [-0.4, -0.2) is 0 Å². The largest absolute Gasteiger partial charge is 0.324 e. The minimum atomic E-state index is -0.541. The van der Waals surface area contributed by atoms with Crippen molar-refractivity contribution in [3.05, 3.63) is 70.3 Å². The van der Waals surface area contributed by atoms with E-state index in [2.05, 4.69) is 0 Å². The van der Waals surface area contributed by atoms with Crippen molar-refractivity contribution >= 4 is 0 Å². The maximum Gasteiger partial charge on any atom is 0.129 e. The number of hydrogen-bond donors (Lipinski definition) is 1. The van der Waals surface area contributed by atoms with Gasteiger partial charge in [-0.1, -0.05) is 29.8 Å². The Labute approximate surface area is 112 Å². The lowest BCUT2D eigenvalue weighted by Gasteiger charge is -2.16. The van der Waals surface area contributed by atoms with Crippen LogP contribution in [0.4, 0.5) is 8.78 Å². The van der Waals surface area contributed by atoms with Gasteiger partial charge in [-0.2, -0.15) is 0 Å². The molecule has 0 saturated carbocycles. The average Bonchev–Trinajstić information content (AvgIpc) is 2.33. The molecule has 19 heavy (non-hydrogen) atoms. The number of rotatable bonds is 3. The van der Waals surface area contributed by atoms with Crippen molar-refractivity contribution in [2.75, 3.05) is 0 Å². The van der Waals surface area contributed by atoms with Crippen LogP contribution in [0.5, 0.6) is 0 Å². The Morgan fingerprint density at radius 2 is 1.68 bits per heavy atom. The zero-order chi connectivity index (χ0) is 14.0. The Morgan fingerprint density at radius 1 is 1.05 bits per heavy atom. The van der Waals surface area contributed by atoms with E-state index in [4.69, 9.17) is 5.73 Å². The van der Waals surface area contributed by atoms with Crippen molar-refractivity contribution in [1.29, 1.82) is 0 Å². The quantitative estimate of drug-likeness (QED) is 0.893. The Kier molecular flexibility index (Phi) is 3.96. The monoisotopic (exact) mass is 261 g/mol. The highest BCUT2D eigenvalue weighted by Gasteiger charge is 2.15. The molecule has 0 amide bonds. The van der Waals surface area contributed by atoms with Crippen LogP contribution in [0, 0.1) is 25.5 Å². The highest BCUT2D eigenvalue weighted by Crippen LogP contribution is 2.23. The molecule has 0 aliphatic carbocycles. The van der Waals surface area contributed by atoms with Gasteiger partial charge in [-0.3, -0.25) is 0 Å². The van der Waals surface area contributed by atoms with Crippen LogP contribution in [0.1, 0.15) is 28.3 Å². The molecule has 2 rings (SSSR count). The Bertz CT molecular complexity index is 573. The van der Waals surface area contributed by atoms with Gasteiger partial charge in [0.25, 0.3) is 0 Å². The maximum atomic E-state index is 13.6. The molecule has 0 aromatic heterocycles. The molecule has 0 aliphatic rings. The first-order chi connectivity index (χ1) is 8.99. The summed E-state index contributed by atoms with van der Waals surface area (Å²) in [6, 6.07) is 9.37. The van der Waals surface area contributed by atoms with E-state index in [-0.39, 0.29) is 12.0 Å². The first-order valence-electron chi connectivity index (χ1n) is 6.24. The Balaban J connectivity index is 2.28. The second kappa shape index (κ2) is 5.49. The summed E-state index contributed by atoms with van der Waals surface area (Å²) in [6.07, 6.45) is 0.155. The molecule has 0 radical (unpaired) electrons. The van der Waals surface area contributed by atoms with E-state index in [0.29, 0.717) is 0 Å². The molecule has 0 spiro atoms. The van der Waals surface area contributed by atoms with Crippen LogP contribution < -0.4 is 5.73 Å². The van der Waals surface area contributed by atoms with Crippen molar-refractivity contribution in [2.24, 2.45) is 5.73 Å². The molecule has 0 aliphatic heterocycles. The van der Waals surface area contributed by atoms with Crippen molar-refractivity contribution in [3.63, 3.8) is 0 Å². The Hall–Kier alpha value is -1.74. The van der Waals surface area contributed by atoms with Crippen LogP contribution in [0.3, 0.4) is 0 Å². The van der Waals surface area contributed by atoms with E-state index >= 15 is 0 Å². The predicted octanol–water partition coefficient (Wildman–Crippen LogP) is 3.82. The molecule has 0 heterocycles. The van der Waals surface area contributed by atoms with Crippen molar-refractivity contribution < 1.29 is 8.78 Å². The summed E-state index contributed by atoms with van der Waals surface area (Å²) in [5, 5.41) is 0. The lowest BCUT2D eigenvalue weighted by molar-refractivity contribution is 0.539. The summed E-state index contributed by atoms with van der Waals surface area (Å²) >= 11 is 0. The van der Waals surface area contributed by atoms with Gasteiger partial charge in [-0.25, -0.2) is 8.78 Å². The van der Waals surface area contributed by atoms with Crippen molar-refractivity contribution in [1.82, 2.24) is 0 Å². The van der Waals surface area contributed by atoms with Crippen molar-refractivity contribution in [3.8, 4) is 0 Å². The lowest BCUT2D eigenvalue weighted by Crippen LogP contribution is -2.16. The molecule has 2 aromatic carbocycles. The molecule has 2 aromatic rings. The molecule has 1 atom stereocenters. The van der Waals surface area contributed by atoms with Gasteiger partial charge in [0, 0.05) is 11.6 Å². The van der Waals surface area contributed by atoms with E-state index < -0.39 is 17.7 Å². The van der Waals surface area contributed by atoms with Crippen LogP contribution in [0.25, 0.3) is 0 Å². The van der Waals surface area contributed by atoms with Crippen LogP contribution in [-0.2, 0) is 6.42 Å². The fraction of sp³-hybridized carbons (Fsp3) is 0.250. The van der Waals surface area contributed by atoms with E-state index in [1.54, 1.807) is 0 Å². The van der Waals surface area contributed by atoms with Crippen LogP contribution in [0.15, 0.2) is 36.4 Å². The number of nitrogens with two attached hydrogens (primary N) is 1.